The van der Waals surface area contributed by atoms with Gasteiger partial charge in [0.1, 0.15) is 11.5 Å². The molecular formula is C29H24N2O7. The van der Waals surface area contributed by atoms with Gasteiger partial charge in [0.15, 0.2) is 17.2 Å². The lowest BCUT2D eigenvalue weighted by molar-refractivity contribution is 0.0589. The molecule has 1 heterocycles. The molecule has 38 heavy (non-hydrogen) atoms. The number of hydrogen-bond acceptors (Lipinski definition) is 8. The topological polar surface area (TPSA) is 117 Å². The predicted molar refractivity (Wildman–Crippen MR) is 141 cm³/mol. The van der Waals surface area contributed by atoms with E-state index in [1.165, 1.54) is 26.4 Å². The first kappa shape index (κ1) is 25.9. The third kappa shape index (κ3) is 5.96. The highest BCUT2D eigenvalue weighted by Crippen LogP contribution is 2.26. The predicted octanol–water partition coefficient (Wildman–Crippen LogP) is 5.29. The zero-order valence-electron chi connectivity index (χ0n) is 20.9. The monoisotopic (exact) mass is 512 g/mol. The maximum absolute atomic E-state index is 12.8. The molecule has 192 valence electrons. The number of allylic oxidation sites excluding steroid dienone is 1. The molecule has 0 unspecified atom stereocenters. The molecule has 0 saturated carbocycles. The van der Waals surface area contributed by atoms with E-state index in [-0.39, 0.29) is 17.4 Å². The van der Waals surface area contributed by atoms with Crippen LogP contribution in [0.5, 0.6) is 11.5 Å². The highest BCUT2D eigenvalue weighted by Gasteiger charge is 2.15. The molecule has 4 rings (SSSR count). The van der Waals surface area contributed by atoms with Crippen molar-refractivity contribution in [3.05, 3.63) is 101 Å². The van der Waals surface area contributed by atoms with E-state index in [1.807, 2.05) is 0 Å². The Labute approximate surface area is 218 Å². The fourth-order valence-electron chi connectivity index (χ4n) is 3.57. The molecule has 0 aliphatic carbocycles. The quantitative estimate of drug-likeness (QED) is 0.183. The van der Waals surface area contributed by atoms with Crippen molar-refractivity contribution in [3.63, 3.8) is 0 Å². The van der Waals surface area contributed by atoms with Gasteiger partial charge in [-0.3, -0.25) is 9.59 Å². The summed E-state index contributed by atoms with van der Waals surface area (Å²) in [6.07, 6.45) is 3.11. The number of esters is 1. The second-order valence-corrected chi connectivity index (χ2v) is 7.99. The number of benzene rings is 3. The van der Waals surface area contributed by atoms with Crippen LogP contribution < -0.4 is 14.8 Å². The molecule has 1 N–H and O–H groups in total. The average Bonchev–Trinajstić information content (AvgIpc) is 3.46. The summed E-state index contributed by atoms with van der Waals surface area (Å²) in [6.45, 7) is 0. The minimum atomic E-state index is -0.604. The van der Waals surface area contributed by atoms with Gasteiger partial charge >= 0.3 is 5.97 Å². The van der Waals surface area contributed by atoms with E-state index in [1.54, 1.807) is 79.9 Å². The second kappa shape index (κ2) is 11.7. The molecule has 0 bridgehead atoms. The fourth-order valence-corrected chi connectivity index (χ4v) is 3.57. The molecule has 0 aliphatic rings. The highest BCUT2D eigenvalue weighted by molar-refractivity contribution is 6.09. The van der Waals surface area contributed by atoms with Crippen LogP contribution in [0.1, 0.15) is 36.8 Å². The Hall–Kier alpha value is -5.18. The summed E-state index contributed by atoms with van der Waals surface area (Å²) in [4.78, 5) is 37.0. The summed E-state index contributed by atoms with van der Waals surface area (Å²) < 4.78 is 20.3. The summed E-state index contributed by atoms with van der Waals surface area (Å²) in [6, 6.07) is 20.2. The molecule has 3 aromatic carbocycles. The normalized spacial score (nSPS) is 10.7. The second-order valence-electron chi connectivity index (χ2n) is 7.99. The average molecular weight is 513 g/mol. The van der Waals surface area contributed by atoms with Crippen LogP contribution in [0.25, 0.3) is 17.4 Å². The summed E-state index contributed by atoms with van der Waals surface area (Å²) >= 11 is 0. The first-order valence-corrected chi connectivity index (χ1v) is 11.4. The molecule has 9 heteroatoms. The number of hydrogen-bond donors (Lipinski definition) is 1. The van der Waals surface area contributed by atoms with E-state index >= 15 is 0 Å². The van der Waals surface area contributed by atoms with Crippen LogP contribution in [0.15, 0.2) is 83.4 Å². The van der Waals surface area contributed by atoms with E-state index in [9.17, 15) is 14.4 Å². The summed E-state index contributed by atoms with van der Waals surface area (Å²) in [5.41, 5.74) is 2.81. The molecule has 1 amide bonds. The lowest BCUT2D eigenvalue weighted by atomic mass is 10.1. The number of ether oxygens (including phenoxy) is 3. The van der Waals surface area contributed by atoms with E-state index in [0.717, 1.165) is 5.56 Å². The lowest BCUT2D eigenvalue weighted by Crippen LogP contribution is -2.11. The molecule has 1 aromatic heterocycles. The number of methoxy groups -OCH3 is 3. The molecule has 0 atom stereocenters. The smallest absolute Gasteiger partial charge is 0.360 e. The minimum Gasteiger partial charge on any atom is -0.497 e. The standard InChI is InChI=1S/C29H24N2O7/c1-35-22-12-13-23(27(16-22)36-2)25(32)14-9-18-7-10-19(11-8-18)28(33)30-21-6-4-5-20(15-21)26-17-24(31-38-26)29(34)37-3/h4-17H,1-3H3,(H,30,33)/b14-9+. The molecular weight excluding hydrogens is 488 g/mol. The van der Waals surface area contributed by atoms with Crippen LogP contribution >= 0.6 is 0 Å². The highest BCUT2D eigenvalue weighted by atomic mass is 16.5. The van der Waals surface area contributed by atoms with Gasteiger partial charge in [-0.05, 0) is 48.0 Å². The summed E-state index contributed by atoms with van der Waals surface area (Å²) in [5.74, 6) is 0.226. The third-order valence-corrected chi connectivity index (χ3v) is 5.58. The molecule has 9 nitrogen and oxygen atoms in total. The van der Waals surface area contributed by atoms with Gasteiger partial charge in [0.2, 0.25) is 0 Å². The number of ketones is 1. The van der Waals surface area contributed by atoms with Gasteiger partial charge in [0.05, 0.1) is 26.9 Å². The van der Waals surface area contributed by atoms with E-state index in [4.69, 9.17) is 14.0 Å². The van der Waals surface area contributed by atoms with Crippen molar-refractivity contribution in [2.45, 2.75) is 0 Å². The molecule has 0 fully saturated rings. The van der Waals surface area contributed by atoms with Crippen molar-refractivity contribution >= 4 is 29.4 Å². The number of nitrogens with zero attached hydrogens (tertiary/aromatic N) is 1. The lowest BCUT2D eigenvalue weighted by Gasteiger charge is -2.08. The number of rotatable bonds is 9. The van der Waals surface area contributed by atoms with Crippen LogP contribution in [0.3, 0.4) is 0 Å². The van der Waals surface area contributed by atoms with E-state index in [2.05, 4.69) is 15.2 Å². The van der Waals surface area contributed by atoms with Gasteiger partial charge in [-0.15, -0.1) is 0 Å². The van der Waals surface area contributed by atoms with E-state index in [0.29, 0.717) is 39.6 Å². The summed E-state index contributed by atoms with van der Waals surface area (Å²) in [5, 5.41) is 6.53. The Bertz CT molecular complexity index is 1500. The van der Waals surface area contributed by atoms with Crippen molar-refractivity contribution < 1.29 is 33.1 Å². The van der Waals surface area contributed by atoms with Gasteiger partial charge < -0.3 is 24.1 Å². The zero-order chi connectivity index (χ0) is 27.1. The van der Waals surface area contributed by atoms with Gasteiger partial charge in [0.25, 0.3) is 5.91 Å². The van der Waals surface area contributed by atoms with Crippen molar-refractivity contribution in [2.75, 3.05) is 26.6 Å². The first-order chi connectivity index (χ1) is 18.4. The van der Waals surface area contributed by atoms with Gasteiger partial charge in [-0.25, -0.2) is 4.79 Å². The van der Waals surface area contributed by atoms with Crippen LogP contribution in [0.4, 0.5) is 5.69 Å². The number of nitrogens with one attached hydrogen (secondary N) is 1. The van der Waals surface area contributed by atoms with E-state index < -0.39 is 5.97 Å². The largest absolute Gasteiger partial charge is 0.497 e. The Morgan fingerprint density at radius 1 is 0.895 bits per heavy atom. The number of carbonyl (C=O) groups is 3. The zero-order valence-corrected chi connectivity index (χ0v) is 20.9. The maximum atomic E-state index is 12.8. The number of amides is 1. The molecule has 0 spiro atoms. The van der Waals surface area contributed by atoms with Crippen LogP contribution in [-0.2, 0) is 4.74 Å². The Morgan fingerprint density at radius 3 is 2.39 bits per heavy atom. The molecule has 4 aromatic rings. The van der Waals surface area contributed by atoms with Crippen LogP contribution in [-0.4, -0.2) is 44.1 Å². The van der Waals surface area contributed by atoms with Crippen LogP contribution in [0.2, 0.25) is 0 Å². The number of anilines is 1. The van der Waals surface area contributed by atoms with Crippen molar-refractivity contribution in [3.8, 4) is 22.8 Å². The molecule has 0 saturated heterocycles. The SMILES string of the molecule is COC(=O)c1cc(-c2cccc(NC(=O)c3ccc(/C=C/C(=O)c4ccc(OC)cc4OC)cc3)c2)on1. The first-order valence-electron chi connectivity index (χ1n) is 11.4. The Kier molecular flexibility index (Phi) is 7.98. The number of aromatic nitrogens is 1. The van der Waals surface area contributed by atoms with Crippen molar-refractivity contribution in [1.29, 1.82) is 0 Å². The third-order valence-electron chi connectivity index (χ3n) is 5.58. The van der Waals surface area contributed by atoms with Crippen molar-refractivity contribution in [1.82, 2.24) is 5.16 Å². The Balaban J connectivity index is 1.42. The van der Waals surface area contributed by atoms with Crippen LogP contribution in [0, 0.1) is 0 Å². The number of carbonyl (C=O) groups excluding carboxylic acids is 3. The maximum Gasteiger partial charge on any atom is 0.360 e. The van der Waals surface area contributed by atoms with Gasteiger partial charge in [-0.1, -0.05) is 35.5 Å². The Morgan fingerprint density at radius 2 is 1.68 bits per heavy atom. The molecule has 0 radical (unpaired) electrons. The molecule has 0 aliphatic heterocycles. The van der Waals surface area contributed by atoms with Gasteiger partial charge in [-0.2, -0.15) is 0 Å². The minimum absolute atomic E-state index is 0.0518. The van der Waals surface area contributed by atoms with Crippen molar-refractivity contribution in [2.24, 2.45) is 0 Å². The fraction of sp³-hybridized carbons (Fsp3) is 0.103. The van der Waals surface area contributed by atoms with Gasteiger partial charge in [0, 0.05) is 28.9 Å². The summed E-state index contributed by atoms with van der Waals surface area (Å²) in [7, 11) is 4.29.